The number of rotatable bonds is 4. The number of halogens is 1. The summed E-state index contributed by atoms with van der Waals surface area (Å²) in [6.45, 7) is 3.26. The molecule has 2 nitrogen and oxygen atoms in total. The lowest BCUT2D eigenvalue weighted by molar-refractivity contribution is 0.293. The highest BCUT2D eigenvalue weighted by Gasteiger charge is 2.18. The highest BCUT2D eigenvalue weighted by Crippen LogP contribution is 2.29. The largest absolute Gasteiger partial charge is 0.494 e. The summed E-state index contributed by atoms with van der Waals surface area (Å²) in [5, 5.41) is 3.33. The standard InChI is InChI=1S/C15H22FNO/c1-11-4-3-5-12(8-11)10-17-13-6-7-15(18-2)14(16)9-13/h6-7,9,11-12,17H,3-5,8,10H2,1-2H3. The molecule has 0 heterocycles. The van der Waals surface area contributed by atoms with Gasteiger partial charge in [-0.2, -0.15) is 0 Å². The van der Waals surface area contributed by atoms with Crippen LogP contribution in [0, 0.1) is 17.7 Å². The molecule has 2 unspecified atom stereocenters. The van der Waals surface area contributed by atoms with Crippen molar-refractivity contribution in [3.63, 3.8) is 0 Å². The van der Waals surface area contributed by atoms with E-state index in [1.54, 1.807) is 6.07 Å². The van der Waals surface area contributed by atoms with Gasteiger partial charge < -0.3 is 10.1 Å². The van der Waals surface area contributed by atoms with E-state index in [-0.39, 0.29) is 5.82 Å². The van der Waals surface area contributed by atoms with Gasteiger partial charge in [0.25, 0.3) is 0 Å². The number of hydrogen-bond donors (Lipinski definition) is 1. The molecule has 1 N–H and O–H groups in total. The van der Waals surface area contributed by atoms with E-state index in [0.29, 0.717) is 5.75 Å². The Morgan fingerprint density at radius 2 is 2.22 bits per heavy atom. The van der Waals surface area contributed by atoms with E-state index in [1.807, 2.05) is 6.07 Å². The van der Waals surface area contributed by atoms with Gasteiger partial charge in [0.1, 0.15) is 0 Å². The van der Waals surface area contributed by atoms with Crippen molar-refractivity contribution < 1.29 is 9.13 Å². The molecule has 3 heteroatoms. The Kier molecular flexibility index (Phi) is 4.45. The normalized spacial score (nSPS) is 23.7. The van der Waals surface area contributed by atoms with Crippen LogP contribution in [0.3, 0.4) is 0 Å². The molecule has 0 aromatic heterocycles. The van der Waals surface area contributed by atoms with E-state index >= 15 is 0 Å². The molecular weight excluding hydrogens is 229 g/mol. The van der Waals surface area contributed by atoms with E-state index in [4.69, 9.17) is 4.74 Å². The van der Waals surface area contributed by atoms with Gasteiger partial charge in [0.15, 0.2) is 11.6 Å². The fourth-order valence-electron chi connectivity index (χ4n) is 2.78. The van der Waals surface area contributed by atoms with Gasteiger partial charge in [0, 0.05) is 18.3 Å². The molecule has 100 valence electrons. The van der Waals surface area contributed by atoms with Crippen LogP contribution in [-0.4, -0.2) is 13.7 Å². The van der Waals surface area contributed by atoms with Crippen LogP contribution < -0.4 is 10.1 Å². The Morgan fingerprint density at radius 1 is 1.39 bits per heavy atom. The first-order chi connectivity index (χ1) is 8.69. The number of anilines is 1. The molecule has 2 rings (SSSR count). The zero-order chi connectivity index (χ0) is 13.0. The molecule has 1 aliphatic rings. The SMILES string of the molecule is COc1ccc(NCC2CCCC(C)C2)cc1F. The molecule has 1 saturated carbocycles. The molecule has 1 fully saturated rings. The maximum absolute atomic E-state index is 13.5. The maximum Gasteiger partial charge on any atom is 0.167 e. The first kappa shape index (κ1) is 13.2. The third-order valence-corrected chi connectivity index (χ3v) is 3.79. The van der Waals surface area contributed by atoms with Gasteiger partial charge in [-0.3, -0.25) is 0 Å². The van der Waals surface area contributed by atoms with Crippen molar-refractivity contribution in [2.45, 2.75) is 32.6 Å². The van der Waals surface area contributed by atoms with Crippen molar-refractivity contribution in [2.75, 3.05) is 19.0 Å². The lowest BCUT2D eigenvalue weighted by atomic mass is 9.82. The van der Waals surface area contributed by atoms with Gasteiger partial charge in [0.2, 0.25) is 0 Å². The Morgan fingerprint density at radius 3 is 2.89 bits per heavy atom. The van der Waals surface area contributed by atoms with Crippen LogP contribution in [0.5, 0.6) is 5.75 Å². The summed E-state index contributed by atoms with van der Waals surface area (Å²) < 4.78 is 18.4. The molecule has 1 aromatic rings. The molecule has 18 heavy (non-hydrogen) atoms. The van der Waals surface area contributed by atoms with Crippen molar-refractivity contribution in [2.24, 2.45) is 11.8 Å². The predicted octanol–water partition coefficient (Wildman–Crippen LogP) is 4.07. The topological polar surface area (TPSA) is 21.3 Å². The lowest BCUT2D eigenvalue weighted by Gasteiger charge is -2.27. The fourth-order valence-corrected chi connectivity index (χ4v) is 2.78. The molecular formula is C15H22FNO. The lowest BCUT2D eigenvalue weighted by Crippen LogP contribution is -2.21. The second-order valence-electron chi connectivity index (χ2n) is 5.37. The minimum atomic E-state index is -0.306. The first-order valence-corrected chi connectivity index (χ1v) is 6.76. The summed E-state index contributed by atoms with van der Waals surface area (Å²) in [5.41, 5.74) is 0.839. The van der Waals surface area contributed by atoms with E-state index in [9.17, 15) is 4.39 Å². The molecule has 1 aliphatic carbocycles. The Labute approximate surface area is 109 Å². The number of methoxy groups -OCH3 is 1. The minimum absolute atomic E-state index is 0.298. The smallest absolute Gasteiger partial charge is 0.167 e. The second kappa shape index (κ2) is 6.07. The van der Waals surface area contributed by atoms with Crippen molar-refractivity contribution in [3.8, 4) is 5.75 Å². The van der Waals surface area contributed by atoms with Crippen LogP contribution in [0.15, 0.2) is 18.2 Å². The van der Waals surface area contributed by atoms with E-state index in [2.05, 4.69) is 12.2 Å². The molecule has 1 aromatic carbocycles. The van der Waals surface area contributed by atoms with Gasteiger partial charge in [-0.25, -0.2) is 4.39 Å². The molecule has 0 radical (unpaired) electrons. The molecule has 0 saturated heterocycles. The van der Waals surface area contributed by atoms with E-state index in [1.165, 1.54) is 38.9 Å². The summed E-state index contributed by atoms with van der Waals surface area (Å²) in [6, 6.07) is 5.04. The molecule has 2 atom stereocenters. The van der Waals surface area contributed by atoms with E-state index < -0.39 is 0 Å². The summed E-state index contributed by atoms with van der Waals surface area (Å²) in [7, 11) is 1.48. The van der Waals surface area contributed by atoms with Crippen molar-refractivity contribution in [1.29, 1.82) is 0 Å². The third kappa shape index (κ3) is 3.37. The third-order valence-electron chi connectivity index (χ3n) is 3.79. The highest BCUT2D eigenvalue weighted by molar-refractivity contribution is 5.47. The second-order valence-corrected chi connectivity index (χ2v) is 5.37. The van der Waals surface area contributed by atoms with Gasteiger partial charge in [0.05, 0.1) is 7.11 Å². The average Bonchev–Trinajstić information content (AvgIpc) is 2.37. The predicted molar refractivity (Wildman–Crippen MR) is 72.6 cm³/mol. The van der Waals surface area contributed by atoms with Crippen LogP contribution in [0.1, 0.15) is 32.6 Å². The molecule has 0 amide bonds. The van der Waals surface area contributed by atoms with Gasteiger partial charge >= 0.3 is 0 Å². The summed E-state index contributed by atoms with van der Waals surface area (Å²) in [4.78, 5) is 0. The van der Waals surface area contributed by atoms with Crippen molar-refractivity contribution >= 4 is 5.69 Å². The zero-order valence-electron chi connectivity index (χ0n) is 11.2. The quantitative estimate of drug-likeness (QED) is 0.871. The van der Waals surface area contributed by atoms with Crippen LogP contribution >= 0.6 is 0 Å². The number of benzene rings is 1. The van der Waals surface area contributed by atoms with Gasteiger partial charge in [-0.1, -0.05) is 19.8 Å². The summed E-state index contributed by atoms with van der Waals surface area (Å²) in [6.07, 6.45) is 5.25. The number of hydrogen-bond acceptors (Lipinski definition) is 2. The zero-order valence-corrected chi connectivity index (χ0v) is 11.2. The average molecular weight is 251 g/mol. The molecule has 0 bridgehead atoms. The van der Waals surface area contributed by atoms with E-state index in [0.717, 1.165) is 24.1 Å². The van der Waals surface area contributed by atoms with Crippen molar-refractivity contribution in [1.82, 2.24) is 0 Å². The van der Waals surface area contributed by atoms with Crippen LogP contribution in [0.2, 0.25) is 0 Å². The Bertz CT molecular complexity index is 394. The van der Waals surface area contributed by atoms with Crippen LogP contribution in [-0.2, 0) is 0 Å². The highest BCUT2D eigenvalue weighted by atomic mass is 19.1. The van der Waals surface area contributed by atoms with Crippen LogP contribution in [0.4, 0.5) is 10.1 Å². The monoisotopic (exact) mass is 251 g/mol. The minimum Gasteiger partial charge on any atom is -0.494 e. The fraction of sp³-hybridized carbons (Fsp3) is 0.600. The first-order valence-electron chi connectivity index (χ1n) is 6.76. The Hall–Kier alpha value is -1.25. The molecule has 0 spiro atoms. The van der Waals surface area contributed by atoms with Crippen molar-refractivity contribution in [3.05, 3.63) is 24.0 Å². The summed E-state index contributed by atoms with van der Waals surface area (Å²) >= 11 is 0. The maximum atomic E-state index is 13.5. The number of nitrogens with one attached hydrogen (secondary N) is 1. The van der Waals surface area contributed by atoms with Gasteiger partial charge in [-0.05, 0) is 36.8 Å². The number of ether oxygens (including phenoxy) is 1. The van der Waals surface area contributed by atoms with Crippen LogP contribution in [0.25, 0.3) is 0 Å². The van der Waals surface area contributed by atoms with Gasteiger partial charge in [-0.15, -0.1) is 0 Å². The Balaban J connectivity index is 1.88. The molecule has 0 aliphatic heterocycles. The summed E-state index contributed by atoms with van der Waals surface area (Å²) in [5.74, 6) is 1.54.